The molecule has 0 spiro atoms. The Morgan fingerprint density at radius 2 is 2.15 bits per heavy atom. The van der Waals surface area contributed by atoms with Crippen molar-refractivity contribution in [1.29, 1.82) is 0 Å². The van der Waals surface area contributed by atoms with Gasteiger partial charge in [0.15, 0.2) is 5.54 Å². The average Bonchev–Trinajstić information content (AvgIpc) is 2.42. The number of esters is 1. The van der Waals surface area contributed by atoms with Crippen LogP contribution in [0, 0.1) is 0 Å². The van der Waals surface area contributed by atoms with Crippen LogP contribution in [0.4, 0.5) is 5.69 Å². The van der Waals surface area contributed by atoms with Gasteiger partial charge in [-0.15, -0.1) is 0 Å². The fourth-order valence-electron chi connectivity index (χ4n) is 1.85. The maximum Gasteiger partial charge on any atom is 0.334 e. The highest BCUT2D eigenvalue weighted by Crippen LogP contribution is 2.28. The van der Waals surface area contributed by atoms with E-state index in [1.807, 2.05) is 19.1 Å². The minimum absolute atomic E-state index is 0.225. The van der Waals surface area contributed by atoms with Crippen molar-refractivity contribution in [3.8, 4) is 0 Å². The summed E-state index contributed by atoms with van der Waals surface area (Å²) >= 11 is 9.33. The lowest BCUT2D eigenvalue weighted by molar-refractivity contribution is -0.150. The van der Waals surface area contributed by atoms with Gasteiger partial charge in [-0.05, 0) is 47.5 Å². The molecule has 1 N–H and O–H groups in total. The summed E-state index contributed by atoms with van der Waals surface area (Å²) in [6.45, 7) is 4.25. The lowest BCUT2D eigenvalue weighted by Gasteiger charge is -2.31. The van der Waals surface area contributed by atoms with Crippen molar-refractivity contribution in [2.45, 2.75) is 25.8 Å². The van der Waals surface area contributed by atoms with Gasteiger partial charge in [-0.1, -0.05) is 18.5 Å². The van der Waals surface area contributed by atoms with Crippen LogP contribution >= 0.6 is 27.5 Å². The van der Waals surface area contributed by atoms with Gasteiger partial charge >= 0.3 is 5.97 Å². The van der Waals surface area contributed by atoms with Crippen molar-refractivity contribution in [1.82, 2.24) is 0 Å². The lowest BCUT2D eigenvalue weighted by Crippen LogP contribution is -2.50. The molecule has 0 aliphatic rings. The number of ether oxygens (including phenoxy) is 2. The molecule has 0 bridgehead atoms. The Balaban J connectivity index is 3.04. The molecule has 0 amide bonds. The van der Waals surface area contributed by atoms with Gasteiger partial charge in [0.1, 0.15) is 0 Å². The van der Waals surface area contributed by atoms with Crippen LogP contribution < -0.4 is 5.32 Å². The normalized spacial score (nSPS) is 13.7. The van der Waals surface area contributed by atoms with Crippen LogP contribution in [-0.4, -0.2) is 31.8 Å². The predicted octanol–water partition coefficient (Wildman–Crippen LogP) is 3.87. The van der Waals surface area contributed by atoms with E-state index >= 15 is 0 Å². The van der Waals surface area contributed by atoms with Crippen LogP contribution in [0.2, 0.25) is 5.02 Å². The molecule has 0 fully saturated rings. The molecule has 0 aliphatic heterocycles. The van der Waals surface area contributed by atoms with Gasteiger partial charge in [0.25, 0.3) is 0 Å². The number of halogens is 2. The minimum atomic E-state index is -0.905. The SMILES string of the molecule is CCOC(=O)C(CC)(COC)Nc1ccc(Cl)c(Br)c1. The van der Waals surface area contributed by atoms with E-state index in [0.717, 1.165) is 10.2 Å². The summed E-state index contributed by atoms with van der Waals surface area (Å²) in [5.41, 5.74) is -0.133. The quantitative estimate of drug-likeness (QED) is 0.746. The summed E-state index contributed by atoms with van der Waals surface area (Å²) in [5, 5.41) is 3.82. The summed E-state index contributed by atoms with van der Waals surface area (Å²) in [4.78, 5) is 12.2. The van der Waals surface area contributed by atoms with Crippen molar-refractivity contribution in [2.24, 2.45) is 0 Å². The van der Waals surface area contributed by atoms with Crippen molar-refractivity contribution >= 4 is 39.2 Å². The molecule has 0 saturated carbocycles. The summed E-state index contributed by atoms with van der Waals surface area (Å²) in [5.74, 6) is -0.324. The average molecular weight is 365 g/mol. The Hall–Kier alpha value is -0.780. The highest BCUT2D eigenvalue weighted by molar-refractivity contribution is 9.10. The maximum atomic E-state index is 12.2. The third kappa shape index (κ3) is 4.11. The number of anilines is 1. The molecule has 6 heteroatoms. The van der Waals surface area contributed by atoms with Crippen LogP contribution in [-0.2, 0) is 14.3 Å². The van der Waals surface area contributed by atoms with E-state index in [2.05, 4.69) is 21.2 Å². The molecule has 0 aromatic heterocycles. The molecule has 0 radical (unpaired) electrons. The Morgan fingerprint density at radius 1 is 1.45 bits per heavy atom. The summed E-state index contributed by atoms with van der Waals surface area (Å²) < 4.78 is 11.1. The first-order valence-corrected chi connectivity index (χ1v) is 7.55. The number of rotatable bonds is 7. The predicted molar refractivity (Wildman–Crippen MR) is 84.3 cm³/mol. The second-order valence-electron chi connectivity index (χ2n) is 4.34. The highest BCUT2D eigenvalue weighted by atomic mass is 79.9. The molecular weight excluding hydrogens is 346 g/mol. The van der Waals surface area contributed by atoms with Gasteiger partial charge in [-0.3, -0.25) is 0 Å². The molecule has 1 unspecified atom stereocenters. The van der Waals surface area contributed by atoms with Crippen molar-refractivity contribution < 1.29 is 14.3 Å². The van der Waals surface area contributed by atoms with E-state index in [9.17, 15) is 4.79 Å². The van der Waals surface area contributed by atoms with E-state index in [1.54, 1.807) is 20.1 Å². The zero-order valence-electron chi connectivity index (χ0n) is 11.8. The summed E-state index contributed by atoms with van der Waals surface area (Å²) in [6, 6.07) is 5.39. The molecule has 1 aromatic carbocycles. The highest BCUT2D eigenvalue weighted by Gasteiger charge is 2.38. The Morgan fingerprint density at radius 3 is 2.65 bits per heavy atom. The molecule has 0 aliphatic carbocycles. The van der Waals surface area contributed by atoms with Crippen molar-refractivity contribution in [3.63, 3.8) is 0 Å². The Labute approximate surface area is 132 Å². The van der Waals surface area contributed by atoms with E-state index < -0.39 is 5.54 Å². The summed E-state index contributed by atoms with van der Waals surface area (Å²) in [7, 11) is 1.56. The fraction of sp³-hybridized carbons (Fsp3) is 0.500. The molecule has 1 rings (SSSR count). The van der Waals surface area contributed by atoms with Crippen LogP contribution in [0.15, 0.2) is 22.7 Å². The van der Waals surface area contributed by atoms with Crippen LogP contribution in [0.5, 0.6) is 0 Å². The number of benzene rings is 1. The topological polar surface area (TPSA) is 47.6 Å². The second-order valence-corrected chi connectivity index (χ2v) is 5.60. The second kappa shape index (κ2) is 7.86. The molecule has 1 atom stereocenters. The maximum absolute atomic E-state index is 12.2. The fourth-order valence-corrected chi connectivity index (χ4v) is 2.34. The molecule has 20 heavy (non-hydrogen) atoms. The Kier molecular flexibility index (Phi) is 6.79. The van der Waals surface area contributed by atoms with Crippen molar-refractivity contribution in [3.05, 3.63) is 27.7 Å². The van der Waals surface area contributed by atoms with E-state index in [-0.39, 0.29) is 12.6 Å². The van der Waals surface area contributed by atoms with Gasteiger partial charge in [-0.25, -0.2) is 4.79 Å². The van der Waals surface area contributed by atoms with E-state index in [1.165, 1.54) is 0 Å². The number of carbonyl (C=O) groups is 1. The zero-order valence-corrected chi connectivity index (χ0v) is 14.2. The molecule has 4 nitrogen and oxygen atoms in total. The van der Waals surface area contributed by atoms with E-state index in [4.69, 9.17) is 21.1 Å². The number of hydrogen-bond acceptors (Lipinski definition) is 4. The largest absolute Gasteiger partial charge is 0.464 e. The van der Waals surface area contributed by atoms with Gasteiger partial charge in [-0.2, -0.15) is 0 Å². The minimum Gasteiger partial charge on any atom is -0.464 e. The molecule has 0 saturated heterocycles. The molecular formula is C14H19BrClNO3. The van der Waals surface area contributed by atoms with Gasteiger partial charge < -0.3 is 14.8 Å². The number of hydrogen-bond donors (Lipinski definition) is 1. The molecule has 0 heterocycles. The van der Waals surface area contributed by atoms with E-state index in [0.29, 0.717) is 18.1 Å². The monoisotopic (exact) mass is 363 g/mol. The zero-order chi connectivity index (χ0) is 15.2. The standard InChI is InChI=1S/C14H19BrClNO3/c1-4-14(9-19-3,13(18)20-5-2)17-10-6-7-12(16)11(15)8-10/h6-8,17H,4-5,9H2,1-3H3. The lowest BCUT2D eigenvalue weighted by atomic mass is 9.96. The smallest absolute Gasteiger partial charge is 0.334 e. The third-order valence-corrected chi connectivity index (χ3v) is 4.18. The molecule has 112 valence electrons. The van der Waals surface area contributed by atoms with Crippen LogP contribution in [0.1, 0.15) is 20.3 Å². The number of methoxy groups -OCH3 is 1. The first kappa shape index (κ1) is 17.3. The van der Waals surface area contributed by atoms with Gasteiger partial charge in [0, 0.05) is 17.3 Å². The third-order valence-electron chi connectivity index (χ3n) is 2.96. The molecule has 1 aromatic rings. The van der Waals surface area contributed by atoms with Gasteiger partial charge in [0.2, 0.25) is 0 Å². The van der Waals surface area contributed by atoms with Gasteiger partial charge in [0.05, 0.1) is 18.2 Å². The number of carbonyl (C=O) groups excluding carboxylic acids is 1. The van der Waals surface area contributed by atoms with Crippen LogP contribution in [0.25, 0.3) is 0 Å². The van der Waals surface area contributed by atoms with Crippen molar-refractivity contribution in [2.75, 3.05) is 25.6 Å². The summed E-state index contributed by atoms with van der Waals surface area (Å²) in [6.07, 6.45) is 0.542. The number of nitrogens with one attached hydrogen (secondary N) is 1. The first-order chi connectivity index (χ1) is 9.49. The first-order valence-electron chi connectivity index (χ1n) is 6.38. The van der Waals surface area contributed by atoms with Crippen LogP contribution in [0.3, 0.4) is 0 Å². The Bertz CT molecular complexity index is 470.